The summed E-state index contributed by atoms with van der Waals surface area (Å²) in [5, 5.41) is 23.7. The molecule has 2 aromatic carbocycles. The second-order valence-electron chi connectivity index (χ2n) is 6.00. The van der Waals surface area contributed by atoms with Crippen molar-refractivity contribution in [1.29, 1.82) is 0 Å². The van der Waals surface area contributed by atoms with Crippen LogP contribution >= 0.6 is 0 Å². The van der Waals surface area contributed by atoms with E-state index in [1.54, 1.807) is 24.5 Å². The molecule has 1 atom stereocenters. The van der Waals surface area contributed by atoms with Crippen molar-refractivity contribution in [3.63, 3.8) is 0 Å². The lowest BCUT2D eigenvalue weighted by molar-refractivity contribution is 0.403. The van der Waals surface area contributed by atoms with Crippen LogP contribution in [0.3, 0.4) is 0 Å². The van der Waals surface area contributed by atoms with Crippen LogP contribution in [0.1, 0.15) is 17.2 Å². The summed E-state index contributed by atoms with van der Waals surface area (Å²) in [4.78, 5) is 7.15. The first kappa shape index (κ1) is 16.0. The molecule has 0 amide bonds. The van der Waals surface area contributed by atoms with Gasteiger partial charge in [0.05, 0.1) is 6.04 Å². The summed E-state index contributed by atoms with van der Waals surface area (Å²) in [6.45, 7) is 0. The Labute approximate surface area is 148 Å². The average Bonchev–Trinajstić information content (AvgIpc) is 3.06. The van der Waals surface area contributed by atoms with E-state index in [-0.39, 0.29) is 23.4 Å². The number of aromatic hydroxyl groups is 2. The van der Waals surface area contributed by atoms with Crippen molar-refractivity contribution in [2.75, 3.05) is 5.32 Å². The first-order chi connectivity index (χ1) is 12.6. The van der Waals surface area contributed by atoms with E-state index in [1.807, 2.05) is 18.3 Å². The van der Waals surface area contributed by atoms with Crippen LogP contribution in [0.5, 0.6) is 11.5 Å². The Hall–Kier alpha value is -3.54. The molecule has 26 heavy (non-hydrogen) atoms. The number of aromatic nitrogens is 2. The van der Waals surface area contributed by atoms with Gasteiger partial charge in [-0.2, -0.15) is 0 Å². The number of H-pyrrole nitrogens is 1. The van der Waals surface area contributed by atoms with E-state index >= 15 is 0 Å². The maximum atomic E-state index is 13.8. The highest BCUT2D eigenvalue weighted by Gasteiger charge is 2.20. The van der Waals surface area contributed by atoms with Crippen LogP contribution in [0.25, 0.3) is 10.9 Å². The molecule has 4 aromatic rings. The maximum absolute atomic E-state index is 13.8. The fourth-order valence-electron chi connectivity index (χ4n) is 3.03. The summed E-state index contributed by atoms with van der Waals surface area (Å²) >= 11 is 0. The van der Waals surface area contributed by atoms with E-state index < -0.39 is 0 Å². The molecule has 0 spiro atoms. The van der Waals surface area contributed by atoms with Crippen molar-refractivity contribution in [3.8, 4) is 11.5 Å². The first-order valence-electron chi connectivity index (χ1n) is 8.07. The highest BCUT2D eigenvalue weighted by Crippen LogP contribution is 2.35. The lowest BCUT2D eigenvalue weighted by Crippen LogP contribution is -2.12. The molecule has 4 rings (SSSR count). The Bertz CT molecular complexity index is 1060. The minimum absolute atomic E-state index is 0.193. The van der Waals surface area contributed by atoms with E-state index in [2.05, 4.69) is 15.3 Å². The lowest BCUT2D eigenvalue weighted by Gasteiger charge is -2.21. The number of phenolic OH excluding ortho intramolecular Hbond substituents is 2. The highest BCUT2D eigenvalue weighted by atomic mass is 19.1. The topological polar surface area (TPSA) is 81.2 Å². The predicted octanol–water partition coefficient (Wildman–Crippen LogP) is 4.31. The second-order valence-corrected chi connectivity index (χ2v) is 6.00. The van der Waals surface area contributed by atoms with Gasteiger partial charge in [-0.1, -0.05) is 6.07 Å². The molecule has 0 fully saturated rings. The molecule has 0 aliphatic carbocycles. The predicted molar refractivity (Wildman–Crippen MR) is 97.7 cm³/mol. The zero-order valence-corrected chi connectivity index (χ0v) is 13.6. The monoisotopic (exact) mass is 349 g/mol. The Morgan fingerprint density at radius 3 is 2.54 bits per heavy atom. The molecule has 0 aliphatic heterocycles. The van der Waals surface area contributed by atoms with Gasteiger partial charge in [-0.25, -0.2) is 4.39 Å². The van der Waals surface area contributed by atoms with Crippen LogP contribution in [-0.4, -0.2) is 20.2 Å². The van der Waals surface area contributed by atoms with Gasteiger partial charge in [-0.05, 0) is 48.0 Å². The van der Waals surface area contributed by atoms with Gasteiger partial charge in [0.25, 0.3) is 0 Å². The standard InChI is InChI=1S/C20H16FN3O2/c21-13-2-3-17-15(10-13)16(11-23-17)20(24-14-5-7-22-8-6-14)12-1-4-18(25)19(26)9-12/h1-11,20,23,25-26H,(H,22,24). The molecule has 0 bridgehead atoms. The second kappa shape index (κ2) is 6.40. The summed E-state index contributed by atoms with van der Waals surface area (Å²) in [6.07, 6.45) is 5.15. The van der Waals surface area contributed by atoms with E-state index in [0.29, 0.717) is 0 Å². The van der Waals surface area contributed by atoms with Crippen molar-refractivity contribution >= 4 is 16.6 Å². The molecule has 2 aromatic heterocycles. The zero-order chi connectivity index (χ0) is 18.1. The number of nitrogens with zero attached hydrogens (tertiary/aromatic N) is 1. The van der Waals surface area contributed by atoms with Gasteiger partial charge in [0.2, 0.25) is 0 Å². The van der Waals surface area contributed by atoms with Gasteiger partial charge in [0, 0.05) is 40.7 Å². The molecular weight excluding hydrogens is 333 g/mol. The minimum Gasteiger partial charge on any atom is -0.504 e. The number of benzene rings is 2. The molecule has 0 aliphatic rings. The molecule has 0 radical (unpaired) electrons. The molecule has 130 valence electrons. The highest BCUT2D eigenvalue weighted by molar-refractivity contribution is 5.84. The average molecular weight is 349 g/mol. The van der Waals surface area contributed by atoms with Crippen molar-refractivity contribution in [2.24, 2.45) is 0 Å². The van der Waals surface area contributed by atoms with Crippen molar-refractivity contribution in [1.82, 2.24) is 9.97 Å². The van der Waals surface area contributed by atoms with Gasteiger partial charge in [0.1, 0.15) is 5.82 Å². The van der Waals surface area contributed by atoms with Crippen molar-refractivity contribution in [2.45, 2.75) is 6.04 Å². The fraction of sp³-hybridized carbons (Fsp3) is 0.0500. The number of pyridine rings is 1. The lowest BCUT2D eigenvalue weighted by atomic mass is 9.97. The molecule has 1 unspecified atom stereocenters. The number of aromatic amines is 1. The summed E-state index contributed by atoms with van der Waals surface area (Å²) in [6, 6.07) is 12.5. The van der Waals surface area contributed by atoms with Gasteiger partial charge < -0.3 is 20.5 Å². The molecule has 2 heterocycles. The number of nitrogens with one attached hydrogen (secondary N) is 2. The summed E-state index contributed by atoms with van der Waals surface area (Å²) in [5.74, 6) is -0.731. The maximum Gasteiger partial charge on any atom is 0.157 e. The van der Waals surface area contributed by atoms with Crippen LogP contribution < -0.4 is 5.32 Å². The summed E-state index contributed by atoms with van der Waals surface area (Å²) < 4.78 is 13.8. The number of rotatable bonds is 4. The summed E-state index contributed by atoms with van der Waals surface area (Å²) in [5.41, 5.74) is 3.18. The molecule has 0 saturated carbocycles. The number of hydrogen-bond donors (Lipinski definition) is 4. The third-order valence-corrected chi connectivity index (χ3v) is 4.31. The first-order valence-corrected chi connectivity index (χ1v) is 8.07. The van der Waals surface area contributed by atoms with E-state index in [9.17, 15) is 14.6 Å². The van der Waals surface area contributed by atoms with E-state index in [1.165, 1.54) is 24.3 Å². The van der Waals surface area contributed by atoms with Crippen LogP contribution in [0.2, 0.25) is 0 Å². The molecule has 6 heteroatoms. The Kier molecular flexibility index (Phi) is 3.93. The molecule has 5 nitrogen and oxygen atoms in total. The van der Waals surface area contributed by atoms with Gasteiger partial charge in [-0.3, -0.25) is 4.98 Å². The van der Waals surface area contributed by atoms with E-state index in [4.69, 9.17) is 0 Å². The van der Waals surface area contributed by atoms with Crippen molar-refractivity contribution in [3.05, 3.63) is 84.1 Å². The Morgan fingerprint density at radius 1 is 0.962 bits per heavy atom. The quantitative estimate of drug-likeness (QED) is 0.414. The normalized spacial score (nSPS) is 12.2. The number of phenols is 2. The molecule has 4 N–H and O–H groups in total. The fourth-order valence-corrected chi connectivity index (χ4v) is 3.03. The Morgan fingerprint density at radius 2 is 1.77 bits per heavy atom. The van der Waals surface area contributed by atoms with Gasteiger partial charge >= 0.3 is 0 Å². The van der Waals surface area contributed by atoms with Crippen LogP contribution in [0.15, 0.2) is 67.1 Å². The van der Waals surface area contributed by atoms with Crippen LogP contribution in [0, 0.1) is 5.82 Å². The number of hydrogen-bond acceptors (Lipinski definition) is 4. The van der Waals surface area contributed by atoms with Crippen LogP contribution in [0.4, 0.5) is 10.1 Å². The third kappa shape index (κ3) is 2.93. The van der Waals surface area contributed by atoms with Gasteiger partial charge in [-0.15, -0.1) is 0 Å². The Balaban J connectivity index is 1.86. The number of anilines is 1. The third-order valence-electron chi connectivity index (χ3n) is 4.31. The zero-order valence-electron chi connectivity index (χ0n) is 13.6. The smallest absolute Gasteiger partial charge is 0.157 e. The van der Waals surface area contributed by atoms with E-state index in [0.717, 1.165) is 27.7 Å². The van der Waals surface area contributed by atoms with Crippen molar-refractivity contribution < 1.29 is 14.6 Å². The van der Waals surface area contributed by atoms with Crippen LogP contribution in [-0.2, 0) is 0 Å². The minimum atomic E-state index is -0.376. The number of halogens is 1. The molecule has 0 saturated heterocycles. The number of fused-ring (bicyclic) bond motifs is 1. The van der Waals surface area contributed by atoms with Gasteiger partial charge in [0.15, 0.2) is 11.5 Å². The largest absolute Gasteiger partial charge is 0.504 e. The summed E-state index contributed by atoms with van der Waals surface area (Å²) in [7, 11) is 0. The SMILES string of the molecule is Oc1ccc(C(Nc2ccncc2)c2c[nH]c3ccc(F)cc23)cc1O. The molecular formula is C20H16FN3O2.